The van der Waals surface area contributed by atoms with Gasteiger partial charge in [-0.3, -0.25) is 0 Å². The van der Waals surface area contributed by atoms with Crippen LogP contribution in [0.25, 0.3) is 0 Å². The SMILES string of the molecule is Cc1ccc(C(C)c2ccccc2N)cc1. The number of hydrogen-bond acceptors (Lipinski definition) is 1. The maximum absolute atomic E-state index is 5.99. The third kappa shape index (κ3) is 2.08. The van der Waals surface area contributed by atoms with Crippen LogP contribution in [0.5, 0.6) is 0 Å². The summed E-state index contributed by atoms with van der Waals surface area (Å²) in [5, 5.41) is 0. The molecule has 0 amide bonds. The number of para-hydroxylation sites is 1. The summed E-state index contributed by atoms with van der Waals surface area (Å²) in [5.41, 5.74) is 10.7. The lowest BCUT2D eigenvalue weighted by atomic mass is 9.91. The molecule has 0 bridgehead atoms. The highest BCUT2D eigenvalue weighted by Gasteiger charge is 2.10. The lowest BCUT2D eigenvalue weighted by Gasteiger charge is -2.14. The van der Waals surface area contributed by atoms with Crippen molar-refractivity contribution in [2.45, 2.75) is 19.8 Å². The Kier molecular flexibility index (Phi) is 2.95. The Morgan fingerprint density at radius 1 is 0.938 bits per heavy atom. The first kappa shape index (κ1) is 10.7. The summed E-state index contributed by atoms with van der Waals surface area (Å²) in [6.07, 6.45) is 0. The first-order valence-corrected chi connectivity index (χ1v) is 5.59. The van der Waals surface area contributed by atoms with Gasteiger partial charge in [0.25, 0.3) is 0 Å². The van der Waals surface area contributed by atoms with E-state index in [0.717, 1.165) is 5.69 Å². The average molecular weight is 211 g/mol. The van der Waals surface area contributed by atoms with Crippen LogP contribution in [0.4, 0.5) is 5.69 Å². The van der Waals surface area contributed by atoms with Crippen molar-refractivity contribution in [2.75, 3.05) is 5.73 Å². The highest BCUT2D eigenvalue weighted by atomic mass is 14.6. The van der Waals surface area contributed by atoms with Crippen LogP contribution in [0, 0.1) is 6.92 Å². The Labute approximate surface area is 96.9 Å². The maximum Gasteiger partial charge on any atom is 0.0352 e. The van der Waals surface area contributed by atoms with Crippen LogP contribution in [0.3, 0.4) is 0 Å². The van der Waals surface area contributed by atoms with Gasteiger partial charge < -0.3 is 5.73 Å². The zero-order valence-electron chi connectivity index (χ0n) is 9.77. The van der Waals surface area contributed by atoms with Crippen molar-refractivity contribution >= 4 is 5.69 Å². The minimum atomic E-state index is 0.349. The van der Waals surface area contributed by atoms with Crippen LogP contribution < -0.4 is 5.73 Å². The molecule has 2 N–H and O–H groups in total. The smallest absolute Gasteiger partial charge is 0.0352 e. The zero-order chi connectivity index (χ0) is 11.5. The van der Waals surface area contributed by atoms with Gasteiger partial charge in [-0.05, 0) is 24.1 Å². The predicted octanol–water partition coefficient (Wildman–Crippen LogP) is 3.73. The van der Waals surface area contributed by atoms with Gasteiger partial charge in [0.15, 0.2) is 0 Å². The van der Waals surface area contributed by atoms with Gasteiger partial charge in [-0.2, -0.15) is 0 Å². The third-order valence-corrected chi connectivity index (χ3v) is 3.04. The van der Waals surface area contributed by atoms with Gasteiger partial charge >= 0.3 is 0 Å². The molecule has 2 rings (SSSR count). The molecule has 2 aromatic rings. The van der Waals surface area contributed by atoms with E-state index in [0.29, 0.717) is 5.92 Å². The van der Waals surface area contributed by atoms with E-state index in [2.05, 4.69) is 44.2 Å². The molecular formula is C15H17N. The van der Waals surface area contributed by atoms with E-state index >= 15 is 0 Å². The summed E-state index contributed by atoms with van der Waals surface area (Å²) in [7, 11) is 0. The third-order valence-electron chi connectivity index (χ3n) is 3.04. The number of nitrogen functional groups attached to an aromatic ring is 1. The van der Waals surface area contributed by atoms with E-state index < -0.39 is 0 Å². The molecule has 0 aliphatic heterocycles. The number of rotatable bonds is 2. The first-order valence-electron chi connectivity index (χ1n) is 5.59. The summed E-state index contributed by atoms with van der Waals surface area (Å²) in [6, 6.07) is 16.7. The first-order chi connectivity index (χ1) is 7.68. The fourth-order valence-electron chi connectivity index (χ4n) is 1.94. The van der Waals surface area contributed by atoms with Gasteiger partial charge in [-0.15, -0.1) is 0 Å². The Morgan fingerprint density at radius 3 is 2.19 bits per heavy atom. The molecule has 0 radical (unpaired) electrons. The lowest BCUT2D eigenvalue weighted by Crippen LogP contribution is -2.00. The maximum atomic E-state index is 5.99. The van der Waals surface area contributed by atoms with E-state index in [4.69, 9.17) is 5.73 Å². The molecule has 0 aliphatic rings. The fourth-order valence-corrected chi connectivity index (χ4v) is 1.94. The van der Waals surface area contributed by atoms with Gasteiger partial charge in [0.05, 0.1) is 0 Å². The number of hydrogen-bond donors (Lipinski definition) is 1. The molecule has 0 aromatic heterocycles. The molecule has 16 heavy (non-hydrogen) atoms. The highest BCUT2D eigenvalue weighted by Crippen LogP contribution is 2.28. The number of nitrogens with two attached hydrogens (primary N) is 1. The predicted molar refractivity (Wildman–Crippen MR) is 69.6 cm³/mol. The van der Waals surface area contributed by atoms with Crippen LogP contribution >= 0.6 is 0 Å². The monoisotopic (exact) mass is 211 g/mol. The van der Waals surface area contributed by atoms with Crippen LogP contribution in [0.15, 0.2) is 48.5 Å². The zero-order valence-corrected chi connectivity index (χ0v) is 9.77. The molecule has 0 fully saturated rings. The van der Waals surface area contributed by atoms with Crippen molar-refractivity contribution in [3.8, 4) is 0 Å². The quantitative estimate of drug-likeness (QED) is 0.752. The molecule has 0 saturated heterocycles. The van der Waals surface area contributed by atoms with E-state index in [1.54, 1.807) is 0 Å². The van der Waals surface area contributed by atoms with Crippen LogP contribution in [-0.4, -0.2) is 0 Å². The van der Waals surface area contributed by atoms with Crippen LogP contribution in [0.1, 0.15) is 29.5 Å². The van der Waals surface area contributed by atoms with Crippen LogP contribution in [0.2, 0.25) is 0 Å². The molecule has 1 atom stereocenters. The summed E-state index contributed by atoms with van der Waals surface area (Å²) in [4.78, 5) is 0. The molecular weight excluding hydrogens is 194 g/mol. The minimum Gasteiger partial charge on any atom is -0.398 e. The Balaban J connectivity index is 2.35. The largest absolute Gasteiger partial charge is 0.398 e. The van der Waals surface area contributed by atoms with E-state index in [1.165, 1.54) is 16.7 Å². The number of anilines is 1. The van der Waals surface area contributed by atoms with Crippen molar-refractivity contribution in [1.29, 1.82) is 0 Å². The molecule has 0 saturated carbocycles. The molecule has 1 heteroatoms. The summed E-state index contributed by atoms with van der Waals surface area (Å²) >= 11 is 0. The van der Waals surface area contributed by atoms with Crippen molar-refractivity contribution in [3.63, 3.8) is 0 Å². The van der Waals surface area contributed by atoms with Crippen molar-refractivity contribution in [1.82, 2.24) is 0 Å². The molecule has 82 valence electrons. The van der Waals surface area contributed by atoms with E-state index in [-0.39, 0.29) is 0 Å². The second-order valence-corrected chi connectivity index (χ2v) is 4.26. The summed E-state index contributed by atoms with van der Waals surface area (Å²) in [5.74, 6) is 0.349. The molecule has 1 nitrogen and oxygen atoms in total. The Morgan fingerprint density at radius 2 is 1.56 bits per heavy atom. The Bertz CT molecular complexity index is 471. The molecule has 2 aromatic carbocycles. The standard InChI is InChI=1S/C15H17N/c1-11-7-9-13(10-8-11)12(2)14-5-3-4-6-15(14)16/h3-10,12H,16H2,1-2H3. The normalized spacial score (nSPS) is 12.4. The summed E-state index contributed by atoms with van der Waals surface area (Å²) in [6.45, 7) is 4.29. The number of benzene rings is 2. The molecule has 0 heterocycles. The van der Waals surface area contributed by atoms with E-state index in [9.17, 15) is 0 Å². The Hall–Kier alpha value is -1.76. The molecule has 0 aliphatic carbocycles. The second-order valence-electron chi connectivity index (χ2n) is 4.26. The van der Waals surface area contributed by atoms with Gasteiger partial charge in [0.2, 0.25) is 0 Å². The fraction of sp³-hybridized carbons (Fsp3) is 0.200. The topological polar surface area (TPSA) is 26.0 Å². The van der Waals surface area contributed by atoms with Crippen LogP contribution in [-0.2, 0) is 0 Å². The van der Waals surface area contributed by atoms with Gasteiger partial charge in [-0.1, -0.05) is 55.0 Å². The van der Waals surface area contributed by atoms with Gasteiger partial charge in [-0.25, -0.2) is 0 Å². The van der Waals surface area contributed by atoms with E-state index in [1.807, 2.05) is 18.2 Å². The van der Waals surface area contributed by atoms with Gasteiger partial charge in [0, 0.05) is 11.6 Å². The highest BCUT2D eigenvalue weighted by molar-refractivity contribution is 5.51. The van der Waals surface area contributed by atoms with Crippen molar-refractivity contribution < 1.29 is 0 Å². The lowest BCUT2D eigenvalue weighted by molar-refractivity contribution is 0.925. The van der Waals surface area contributed by atoms with Gasteiger partial charge in [0.1, 0.15) is 0 Å². The molecule has 0 spiro atoms. The number of aryl methyl sites for hydroxylation is 1. The molecule has 1 unspecified atom stereocenters. The van der Waals surface area contributed by atoms with Crippen molar-refractivity contribution in [2.24, 2.45) is 0 Å². The second kappa shape index (κ2) is 4.40. The minimum absolute atomic E-state index is 0.349. The summed E-state index contributed by atoms with van der Waals surface area (Å²) < 4.78 is 0. The average Bonchev–Trinajstić information content (AvgIpc) is 2.30. The van der Waals surface area contributed by atoms with Crippen molar-refractivity contribution in [3.05, 3.63) is 65.2 Å².